The highest BCUT2D eigenvalue weighted by atomic mass is 32.1. The van der Waals surface area contributed by atoms with Crippen LogP contribution in [0, 0.1) is 0 Å². The number of nitrogens with zero attached hydrogens (tertiary/aromatic N) is 6. The van der Waals surface area contributed by atoms with E-state index in [1.54, 1.807) is 24.8 Å². The molecule has 6 nitrogen and oxygen atoms in total. The molecule has 5 heterocycles. The van der Waals surface area contributed by atoms with Crippen LogP contribution in [0.1, 0.15) is 0 Å². The third-order valence-corrected chi connectivity index (χ3v) is 9.34. The zero-order valence-electron chi connectivity index (χ0n) is 23.8. The number of aromatic nitrogens is 6. The molecular weight excluding hydrogens is 573 g/mol. The van der Waals surface area contributed by atoms with Gasteiger partial charge < -0.3 is 0 Å². The molecule has 0 saturated carbocycles. The molecule has 0 aliphatic carbocycles. The molecule has 0 radical (unpaired) electrons. The molecule has 0 amide bonds. The molecule has 0 aliphatic rings. The Morgan fingerprint density at radius 1 is 0.400 bits per heavy atom. The molecule has 0 atom stereocenters. The standard InChI is InChI=1S/C38H22N6S/c1-3-7-31-29(6-1)33-30(14-13-28-27-5-2-4-8-32(27)45-35(28)33)34(41-31)23-9-11-24(12-10-23)36-42-37(25-15-19-39-20-16-25)44-38(43-36)26-17-21-40-22-18-26/h1-22H. The molecule has 9 rings (SSSR count). The summed E-state index contributed by atoms with van der Waals surface area (Å²) in [6.45, 7) is 0. The van der Waals surface area contributed by atoms with Gasteiger partial charge in [-0.2, -0.15) is 0 Å². The van der Waals surface area contributed by atoms with Crippen molar-refractivity contribution < 1.29 is 0 Å². The maximum atomic E-state index is 5.20. The zero-order chi connectivity index (χ0) is 29.7. The zero-order valence-corrected chi connectivity index (χ0v) is 24.6. The van der Waals surface area contributed by atoms with E-state index in [4.69, 9.17) is 19.9 Å². The number of benzene rings is 4. The fourth-order valence-electron chi connectivity index (χ4n) is 5.98. The van der Waals surface area contributed by atoms with Crippen molar-refractivity contribution in [3.63, 3.8) is 0 Å². The molecule has 0 spiro atoms. The van der Waals surface area contributed by atoms with Gasteiger partial charge in [-0.05, 0) is 36.4 Å². The normalized spacial score (nSPS) is 11.6. The number of thiophene rings is 1. The first-order valence-electron chi connectivity index (χ1n) is 14.6. The largest absolute Gasteiger partial charge is 0.265 e. The Bertz CT molecular complexity index is 2470. The van der Waals surface area contributed by atoms with Gasteiger partial charge in [0.2, 0.25) is 0 Å². The highest BCUT2D eigenvalue weighted by Gasteiger charge is 2.17. The molecule has 0 fully saturated rings. The van der Waals surface area contributed by atoms with E-state index < -0.39 is 0 Å². The summed E-state index contributed by atoms with van der Waals surface area (Å²) in [6, 6.07) is 37.5. The minimum Gasteiger partial charge on any atom is -0.265 e. The Kier molecular flexibility index (Phi) is 5.89. The van der Waals surface area contributed by atoms with E-state index in [1.807, 2.05) is 35.6 Å². The van der Waals surface area contributed by atoms with Crippen LogP contribution in [0.15, 0.2) is 134 Å². The van der Waals surface area contributed by atoms with Crippen LogP contribution >= 0.6 is 11.3 Å². The van der Waals surface area contributed by atoms with Crippen LogP contribution in [0.5, 0.6) is 0 Å². The summed E-state index contributed by atoms with van der Waals surface area (Å²) < 4.78 is 2.59. The molecule has 7 heteroatoms. The van der Waals surface area contributed by atoms with Crippen LogP contribution in [-0.4, -0.2) is 29.9 Å². The van der Waals surface area contributed by atoms with Gasteiger partial charge >= 0.3 is 0 Å². The number of hydrogen-bond acceptors (Lipinski definition) is 7. The van der Waals surface area contributed by atoms with Gasteiger partial charge in [0.05, 0.1) is 11.2 Å². The van der Waals surface area contributed by atoms with Gasteiger partial charge in [-0.1, -0.05) is 72.8 Å². The van der Waals surface area contributed by atoms with Gasteiger partial charge in [0, 0.05) is 83.4 Å². The van der Waals surface area contributed by atoms with Gasteiger partial charge in [-0.3, -0.25) is 9.97 Å². The molecule has 0 saturated heterocycles. The predicted octanol–water partition coefficient (Wildman–Crippen LogP) is 9.40. The molecule has 45 heavy (non-hydrogen) atoms. The van der Waals surface area contributed by atoms with E-state index in [2.05, 4.69) is 94.9 Å². The van der Waals surface area contributed by atoms with Gasteiger partial charge in [0.1, 0.15) is 0 Å². The number of pyridine rings is 3. The van der Waals surface area contributed by atoms with Crippen LogP contribution in [0.2, 0.25) is 0 Å². The van der Waals surface area contributed by atoms with E-state index in [-0.39, 0.29) is 0 Å². The lowest BCUT2D eigenvalue weighted by Gasteiger charge is -2.12. The molecule has 0 bridgehead atoms. The number of rotatable bonds is 4. The van der Waals surface area contributed by atoms with E-state index in [9.17, 15) is 0 Å². The van der Waals surface area contributed by atoms with E-state index >= 15 is 0 Å². The number of hydrogen-bond donors (Lipinski definition) is 0. The third kappa shape index (κ3) is 4.32. The number of fused-ring (bicyclic) bond motifs is 7. The van der Waals surface area contributed by atoms with Crippen LogP contribution < -0.4 is 0 Å². The monoisotopic (exact) mass is 594 g/mol. The molecule has 0 unspecified atom stereocenters. The Morgan fingerprint density at radius 3 is 1.60 bits per heavy atom. The second kappa shape index (κ2) is 10.4. The Labute approximate surface area is 261 Å². The fraction of sp³-hybridized carbons (Fsp3) is 0. The van der Waals surface area contributed by atoms with Gasteiger partial charge in [-0.25, -0.2) is 19.9 Å². The molecule has 0 N–H and O–H groups in total. The van der Waals surface area contributed by atoms with Crippen LogP contribution in [0.25, 0.3) is 87.3 Å². The Hall–Kier alpha value is -5.92. The van der Waals surface area contributed by atoms with Crippen molar-refractivity contribution in [2.24, 2.45) is 0 Å². The highest BCUT2D eigenvalue weighted by Crippen LogP contribution is 2.43. The van der Waals surface area contributed by atoms with Crippen molar-refractivity contribution in [2.75, 3.05) is 0 Å². The van der Waals surface area contributed by atoms with Crippen molar-refractivity contribution in [1.82, 2.24) is 29.9 Å². The molecule has 210 valence electrons. The van der Waals surface area contributed by atoms with Crippen LogP contribution in [0.4, 0.5) is 0 Å². The van der Waals surface area contributed by atoms with Crippen molar-refractivity contribution in [3.8, 4) is 45.4 Å². The van der Waals surface area contributed by atoms with Gasteiger partial charge in [-0.15, -0.1) is 11.3 Å². The Balaban J connectivity index is 1.21. The lowest BCUT2D eigenvalue weighted by Crippen LogP contribution is -2.00. The first-order chi connectivity index (χ1) is 22.3. The van der Waals surface area contributed by atoms with Crippen molar-refractivity contribution in [2.45, 2.75) is 0 Å². The SMILES string of the molecule is c1ccc2c(c1)nc(-c1ccc(-c3nc(-c4ccncc4)nc(-c4ccncc4)n3)cc1)c1ccc3c4ccccc4sc3c12. The fourth-order valence-corrected chi connectivity index (χ4v) is 7.24. The summed E-state index contributed by atoms with van der Waals surface area (Å²) >= 11 is 1.85. The molecule has 0 aliphatic heterocycles. The lowest BCUT2D eigenvalue weighted by atomic mass is 9.97. The predicted molar refractivity (Wildman–Crippen MR) is 183 cm³/mol. The Morgan fingerprint density at radius 2 is 0.933 bits per heavy atom. The highest BCUT2D eigenvalue weighted by molar-refractivity contribution is 7.26. The average molecular weight is 595 g/mol. The van der Waals surface area contributed by atoms with Crippen molar-refractivity contribution >= 4 is 53.2 Å². The summed E-state index contributed by atoms with van der Waals surface area (Å²) in [5, 5.41) is 6.13. The maximum absolute atomic E-state index is 5.20. The summed E-state index contributed by atoms with van der Waals surface area (Å²) in [5.41, 5.74) is 5.62. The minimum absolute atomic E-state index is 0.591. The van der Waals surface area contributed by atoms with E-state index in [0.29, 0.717) is 17.5 Å². The molecule has 5 aromatic heterocycles. The summed E-state index contributed by atoms with van der Waals surface area (Å²) in [5.74, 6) is 1.78. The van der Waals surface area contributed by atoms with Crippen molar-refractivity contribution in [1.29, 1.82) is 0 Å². The first kappa shape index (κ1) is 25.6. The third-order valence-electron chi connectivity index (χ3n) is 8.14. The molecule has 4 aromatic carbocycles. The lowest BCUT2D eigenvalue weighted by molar-refractivity contribution is 1.07. The second-order valence-corrected chi connectivity index (χ2v) is 11.8. The van der Waals surface area contributed by atoms with E-state index in [1.165, 1.54) is 30.9 Å². The van der Waals surface area contributed by atoms with Crippen LogP contribution in [0.3, 0.4) is 0 Å². The first-order valence-corrected chi connectivity index (χ1v) is 15.4. The van der Waals surface area contributed by atoms with E-state index in [0.717, 1.165) is 38.9 Å². The second-order valence-electron chi connectivity index (χ2n) is 10.8. The summed E-state index contributed by atoms with van der Waals surface area (Å²) in [7, 11) is 0. The van der Waals surface area contributed by atoms with Crippen LogP contribution in [-0.2, 0) is 0 Å². The van der Waals surface area contributed by atoms with Gasteiger partial charge in [0.25, 0.3) is 0 Å². The smallest absolute Gasteiger partial charge is 0.164 e. The molecule has 9 aromatic rings. The van der Waals surface area contributed by atoms with Gasteiger partial charge in [0.15, 0.2) is 17.5 Å². The number of para-hydroxylation sites is 1. The maximum Gasteiger partial charge on any atom is 0.164 e. The molecular formula is C38H22N6S. The summed E-state index contributed by atoms with van der Waals surface area (Å²) in [6.07, 6.45) is 6.97. The van der Waals surface area contributed by atoms with Crippen molar-refractivity contribution in [3.05, 3.63) is 134 Å². The minimum atomic E-state index is 0.591. The topological polar surface area (TPSA) is 77.3 Å². The average Bonchev–Trinajstić information content (AvgIpc) is 3.51. The summed E-state index contributed by atoms with van der Waals surface area (Å²) in [4.78, 5) is 28.0. The quantitative estimate of drug-likeness (QED) is 0.189.